The van der Waals surface area contributed by atoms with Crippen LogP contribution in [0.5, 0.6) is 0 Å². The van der Waals surface area contributed by atoms with Gasteiger partial charge in [-0.1, -0.05) is 58.0 Å². The zero-order chi connectivity index (χ0) is 16.8. The van der Waals surface area contributed by atoms with E-state index in [4.69, 9.17) is 0 Å². The van der Waals surface area contributed by atoms with Gasteiger partial charge in [-0.15, -0.1) is 0 Å². The van der Waals surface area contributed by atoms with Gasteiger partial charge in [0.25, 0.3) is 0 Å². The van der Waals surface area contributed by atoms with Crippen LogP contribution in [-0.4, -0.2) is 23.5 Å². The summed E-state index contributed by atoms with van der Waals surface area (Å²) in [6.45, 7) is 8.19. The summed E-state index contributed by atoms with van der Waals surface area (Å²) in [7, 11) is 0. The van der Waals surface area contributed by atoms with Crippen LogP contribution in [0.2, 0.25) is 0 Å². The number of carboxylic acids is 1. The van der Waals surface area contributed by atoms with Crippen molar-refractivity contribution in [1.82, 2.24) is 5.32 Å². The Bertz CT molecular complexity index is 494. The summed E-state index contributed by atoms with van der Waals surface area (Å²) in [5.74, 6) is -1.19. The molecule has 2 N–H and O–H groups in total. The maximum absolute atomic E-state index is 12.1. The second-order valence-electron chi connectivity index (χ2n) is 6.90. The molecular weight excluding hydrogens is 278 g/mol. The van der Waals surface area contributed by atoms with E-state index in [2.05, 4.69) is 5.32 Å². The average molecular weight is 305 g/mol. The van der Waals surface area contributed by atoms with Crippen molar-refractivity contribution < 1.29 is 14.7 Å². The molecule has 0 aliphatic rings. The summed E-state index contributed by atoms with van der Waals surface area (Å²) in [4.78, 5) is 23.3. The fourth-order valence-corrected chi connectivity index (χ4v) is 2.53. The van der Waals surface area contributed by atoms with Crippen molar-refractivity contribution in [2.75, 3.05) is 6.54 Å². The van der Waals surface area contributed by atoms with Crippen LogP contribution in [0, 0.1) is 11.8 Å². The van der Waals surface area contributed by atoms with Gasteiger partial charge in [0.2, 0.25) is 5.91 Å². The van der Waals surface area contributed by atoms with Crippen molar-refractivity contribution in [2.45, 2.75) is 46.0 Å². The maximum atomic E-state index is 12.1. The molecule has 1 rings (SSSR count). The smallest absolute Gasteiger partial charge is 0.308 e. The molecule has 1 atom stereocenters. The molecule has 0 fully saturated rings. The zero-order valence-electron chi connectivity index (χ0n) is 13.9. The fourth-order valence-electron chi connectivity index (χ4n) is 2.53. The van der Waals surface area contributed by atoms with Gasteiger partial charge >= 0.3 is 5.97 Å². The number of benzene rings is 1. The Morgan fingerprint density at radius 1 is 1.18 bits per heavy atom. The Kier molecular flexibility index (Phi) is 6.60. The molecular formula is C18H27NO3. The highest BCUT2D eigenvalue weighted by atomic mass is 16.4. The number of hydrogen-bond donors (Lipinski definition) is 2. The lowest BCUT2D eigenvalue weighted by atomic mass is 9.81. The first-order valence-corrected chi connectivity index (χ1v) is 7.77. The highest BCUT2D eigenvalue weighted by Crippen LogP contribution is 2.26. The number of carboxylic acid groups (broad SMARTS) is 1. The summed E-state index contributed by atoms with van der Waals surface area (Å²) in [6, 6.07) is 9.87. The van der Waals surface area contributed by atoms with Crippen molar-refractivity contribution in [3.8, 4) is 0 Å². The molecule has 1 aromatic carbocycles. The third kappa shape index (κ3) is 5.88. The van der Waals surface area contributed by atoms with Gasteiger partial charge in [-0.05, 0) is 23.3 Å². The maximum Gasteiger partial charge on any atom is 0.308 e. The molecule has 0 aromatic heterocycles. The molecule has 122 valence electrons. The van der Waals surface area contributed by atoms with Crippen molar-refractivity contribution in [2.24, 2.45) is 11.8 Å². The third-order valence-corrected chi connectivity index (χ3v) is 3.81. The van der Waals surface area contributed by atoms with E-state index in [-0.39, 0.29) is 17.9 Å². The standard InChI is InChI=1S/C18H27NO3/c1-13(2)10-14(17(21)22)12-19-16(20)11-18(3,4)15-8-6-5-7-9-15/h5-9,13-14H,10-12H2,1-4H3,(H,19,20)(H,21,22). The molecule has 1 aromatic rings. The Hall–Kier alpha value is -1.84. The molecule has 4 heteroatoms. The first-order chi connectivity index (χ1) is 10.2. The summed E-state index contributed by atoms with van der Waals surface area (Å²) in [5.41, 5.74) is 0.823. The number of carbonyl (C=O) groups is 2. The lowest BCUT2D eigenvalue weighted by molar-refractivity contribution is -0.142. The predicted molar refractivity (Wildman–Crippen MR) is 87.7 cm³/mol. The number of aliphatic carboxylic acids is 1. The van der Waals surface area contributed by atoms with Gasteiger partial charge < -0.3 is 10.4 Å². The van der Waals surface area contributed by atoms with E-state index in [1.165, 1.54) is 0 Å². The second-order valence-corrected chi connectivity index (χ2v) is 6.90. The van der Waals surface area contributed by atoms with Crippen LogP contribution in [0.1, 0.15) is 46.1 Å². The summed E-state index contributed by atoms with van der Waals surface area (Å²) < 4.78 is 0. The number of nitrogens with one attached hydrogen (secondary N) is 1. The molecule has 0 saturated carbocycles. The van der Waals surface area contributed by atoms with Crippen LogP contribution >= 0.6 is 0 Å². The van der Waals surface area contributed by atoms with Crippen molar-refractivity contribution in [3.63, 3.8) is 0 Å². The molecule has 1 unspecified atom stereocenters. The summed E-state index contributed by atoms with van der Waals surface area (Å²) >= 11 is 0. The van der Waals surface area contributed by atoms with E-state index in [0.29, 0.717) is 18.8 Å². The molecule has 0 bridgehead atoms. The van der Waals surface area contributed by atoms with Gasteiger partial charge in [0.05, 0.1) is 5.92 Å². The van der Waals surface area contributed by atoms with Crippen LogP contribution in [-0.2, 0) is 15.0 Å². The van der Waals surface area contributed by atoms with E-state index in [1.807, 2.05) is 58.0 Å². The van der Waals surface area contributed by atoms with E-state index >= 15 is 0 Å². The molecule has 0 aliphatic carbocycles. The normalized spacial score (nSPS) is 13.0. The highest BCUT2D eigenvalue weighted by molar-refractivity contribution is 5.78. The Morgan fingerprint density at radius 3 is 2.27 bits per heavy atom. The van der Waals surface area contributed by atoms with Gasteiger partial charge in [-0.3, -0.25) is 9.59 Å². The molecule has 0 saturated heterocycles. The van der Waals surface area contributed by atoms with Crippen LogP contribution in [0.25, 0.3) is 0 Å². The molecule has 0 spiro atoms. The van der Waals surface area contributed by atoms with Gasteiger partial charge in [-0.25, -0.2) is 0 Å². The van der Waals surface area contributed by atoms with E-state index in [9.17, 15) is 14.7 Å². The van der Waals surface area contributed by atoms with Crippen molar-refractivity contribution >= 4 is 11.9 Å². The number of hydrogen-bond acceptors (Lipinski definition) is 2. The monoisotopic (exact) mass is 305 g/mol. The first kappa shape index (κ1) is 18.2. The lowest BCUT2D eigenvalue weighted by Crippen LogP contribution is -2.36. The van der Waals surface area contributed by atoms with Crippen LogP contribution in [0.4, 0.5) is 0 Å². The topological polar surface area (TPSA) is 66.4 Å². The molecule has 0 aliphatic heterocycles. The Morgan fingerprint density at radius 2 is 1.77 bits per heavy atom. The van der Waals surface area contributed by atoms with Crippen LogP contribution < -0.4 is 5.32 Å². The van der Waals surface area contributed by atoms with Crippen molar-refractivity contribution in [3.05, 3.63) is 35.9 Å². The quantitative estimate of drug-likeness (QED) is 0.775. The zero-order valence-corrected chi connectivity index (χ0v) is 13.9. The van der Waals surface area contributed by atoms with E-state index in [0.717, 1.165) is 5.56 Å². The van der Waals surface area contributed by atoms with Crippen molar-refractivity contribution in [1.29, 1.82) is 0 Å². The molecule has 1 amide bonds. The predicted octanol–water partition coefficient (Wildman–Crippen LogP) is 3.22. The van der Waals surface area contributed by atoms with Gasteiger partial charge in [0.15, 0.2) is 0 Å². The van der Waals surface area contributed by atoms with Crippen LogP contribution in [0.3, 0.4) is 0 Å². The lowest BCUT2D eigenvalue weighted by Gasteiger charge is -2.25. The largest absolute Gasteiger partial charge is 0.481 e. The van der Waals surface area contributed by atoms with E-state index < -0.39 is 11.9 Å². The minimum absolute atomic E-state index is 0.108. The molecule has 0 heterocycles. The van der Waals surface area contributed by atoms with Gasteiger partial charge in [0.1, 0.15) is 0 Å². The Labute approximate surface area is 132 Å². The SMILES string of the molecule is CC(C)CC(CNC(=O)CC(C)(C)c1ccccc1)C(=O)O. The Balaban J connectivity index is 2.57. The first-order valence-electron chi connectivity index (χ1n) is 7.77. The molecule has 22 heavy (non-hydrogen) atoms. The summed E-state index contributed by atoms with van der Waals surface area (Å²) in [5, 5.41) is 12.0. The van der Waals surface area contributed by atoms with Gasteiger partial charge in [-0.2, -0.15) is 0 Å². The third-order valence-electron chi connectivity index (χ3n) is 3.81. The highest BCUT2D eigenvalue weighted by Gasteiger charge is 2.25. The molecule has 4 nitrogen and oxygen atoms in total. The van der Waals surface area contributed by atoms with E-state index in [1.54, 1.807) is 0 Å². The number of amides is 1. The van der Waals surface area contributed by atoms with Gasteiger partial charge in [0, 0.05) is 13.0 Å². The number of rotatable bonds is 8. The average Bonchev–Trinajstić information content (AvgIpc) is 2.43. The van der Waals surface area contributed by atoms with Crippen LogP contribution in [0.15, 0.2) is 30.3 Å². The summed E-state index contributed by atoms with van der Waals surface area (Å²) in [6.07, 6.45) is 0.905. The molecule has 0 radical (unpaired) electrons. The minimum atomic E-state index is -0.851. The number of carbonyl (C=O) groups excluding carboxylic acids is 1. The second kappa shape index (κ2) is 7.97. The fraction of sp³-hybridized carbons (Fsp3) is 0.556. The minimum Gasteiger partial charge on any atom is -0.481 e.